The van der Waals surface area contributed by atoms with Crippen molar-refractivity contribution in [2.24, 2.45) is 0 Å². The van der Waals surface area contributed by atoms with Crippen molar-refractivity contribution in [3.8, 4) is 0 Å². The SMILES string of the molecule is CCC1CN(CC(O)CO)CCN1C. The van der Waals surface area contributed by atoms with Gasteiger partial charge in [-0.15, -0.1) is 0 Å². The Kier molecular flexibility index (Phi) is 4.81. The maximum atomic E-state index is 9.33. The molecule has 0 bridgehead atoms. The summed E-state index contributed by atoms with van der Waals surface area (Å²) in [6, 6.07) is 0.592. The normalized spacial score (nSPS) is 27.9. The highest BCUT2D eigenvalue weighted by molar-refractivity contribution is 4.80. The molecule has 0 aliphatic carbocycles. The van der Waals surface area contributed by atoms with Gasteiger partial charge in [-0.1, -0.05) is 6.92 Å². The molecular formula is C10H22N2O2. The summed E-state index contributed by atoms with van der Waals surface area (Å²) in [7, 11) is 2.15. The van der Waals surface area contributed by atoms with E-state index < -0.39 is 6.10 Å². The van der Waals surface area contributed by atoms with Gasteiger partial charge in [0.05, 0.1) is 12.7 Å². The molecule has 1 fully saturated rings. The zero-order valence-electron chi connectivity index (χ0n) is 9.19. The van der Waals surface area contributed by atoms with E-state index in [0.717, 1.165) is 26.1 Å². The van der Waals surface area contributed by atoms with Crippen LogP contribution in [-0.2, 0) is 0 Å². The van der Waals surface area contributed by atoms with Crippen molar-refractivity contribution in [2.75, 3.05) is 39.8 Å². The van der Waals surface area contributed by atoms with Crippen LogP contribution in [0.25, 0.3) is 0 Å². The first-order chi connectivity index (χ1) is 6.67. The molecule has 0 aromatic carbocycles. The third-order valence-corrected chi connectivity index (χ3v) is 3.01. The van der Waals surface area contributed by atoms with E-state index in [1.165, 1.54) is 0 Å². The topological polar surface area (TPSA) is 46.9 Å². The second kappa shape index (κ2) is 5.66. The third-order valence-electron chi connectivity index (χ3n) is 3.01. The van der Waals surface area contributed by atoms with Crippen molar-refractivity contribution in [2.45, 2.75) is 25.5 Å². The van der Waals surface area contributed by atoms with Crippen molar-refractivity contribution in [3.05, 3.63) is 0 Å². The number of likely N-dealkylation sites (N-methyl/N-ethyl adjacent to an activating group) is 1. The molecule has 0 radical (unpaired) electrons. The molecule has 1 aliphatic rings. The van der Waals surface area contributed by atoms with Crippen LogP contribution in [-0.4, -0.2) is 72.0 Å². The molecule has 4 nitrogen and oxygen atoms in total. The van der Waals surface area contributed by atoms with Gasteiger partial charge in [0, 0.05) is 32.2 Å². The Balaban J connectivity index is 2.34. The van der Waals surface area contributed by atoms with Crippen LogP contribution in [0.1, 0.15) is 13.3 Å². The monoisotopic (exact) mass is 202 g/mol. The van der Waals surface area contributed by atoms with E-state index in [4.69, 9.17) is 5.11 Å². The summed E-state index contributed by atoms with van der Waals surface area (Å²) in [5.74, 6) is 0. The molecule has 84 valence electrons. The molecular weight excluding hydrogens is 180 g/mol. The Morgan fingerprint density at radius 1 is 1.43 bits per heavy atom. The van der Waals surface area contributed by atoms with Crippen molar-refractivity contribution in [1.82, 2.24) is 9.80 Å². The fourth-order valence-corrected chi connectivity index (χ4v) is 1.97. The highest BCUT2D eigenvalue weighted by Gasteiger charge is 2.23. The van der Waals surface area contributed by atoms with E-state index in [0.29, 0.717) is 12.6 Å². The Labute approximate surface area is 86.1 Å². The maximum Gasteiger partial charge on any atom is 0.0897 e. The predicted molar refractivity (Wildman–Crippen MR) is 56.2 cm³/mol. The smallest absolute Gasteiger partial charge is 0.0897 e. The highest BCUT2D eigenvalue weighted by Crippen LogP contribution is 2.10. The fourth-order valence-electron chi connectivity index (χ4n) is 1.97. The van der Waals surface area contributed by atoms with E-state index in [-0.39, 0.29) is 6.61 Å². The molecule has 0 aromatic rings. The largest absolute Gasteiger partial charge is 0.394 e. The quantitative estimate of drug-likeness (QED) is 0.637. The zero-order chi connectivity index (χ0) is 10.6. The number of piperazine rings is 1. The van der Waals surface area contributed by atoms with Gasteiger partial charge in [0.2, 0.25) is 0 Å². The Bertz CT molecular complexity index is 166. The number of β-amino-alcohol motifs (C(OH)–C–C–N with tert-alkyl or cyclic N) is 1. The zero-order valence-corrected chi connectivity index (χ0v) is 9.19. The number of aliphatic hydroxyl groups is 2. The second-order valence-electron chi connectivity index (χ2n) is 4.14. The molecule has 2 atom stereocenters. The molecule has 1 saturated heterocycles. The van der Waals surface area contributed by atoms with E-state index in [1.807, 2.05) is 0 Å². The Morgan fingerprint density at radius 2 is 2.14 bits per heavy atom. The Morgan fingerprint density at radius 3 is 2.71 bits per heavy atom. The molecule has 0 saturated carbocycles. The first kappa shape index (κ1) is 11.9. The average Bonchev–Trinajstić information content (AvgIpc) is 2.20. The lowest BCUT2D eigenvalue weighted by Gasteiger charge is -2.39. The lowest BCUT2D eigenvalue weighted by atomic mass is 10.1. The number of hydrogen-bond acceptors (Lipinski definition) is 4. The first-order valence-electron chi connectivity index (χ1n) is 5.38. The van der Waals surface area contributed by atoms with Gasteiger partial charge < -0.3 is 15.1 Å². The van der Waals surface area contributed by atoms with Crippen molar-refractivity contribution >= 4 is 0 Å². The first-order valence-corrected chi connectivity index (χ1v) is 5.38. The summed E-state index contributed by atoms with van der Waals surface area (Å²) in [5, 5.41) is 18.1. The van der Waals surface area contributed by atoms with Gasteiger partial charge in [-0.25, -0.2) is 0 Å². The minimum atomic E-state index is -0.587. The summed E-state index contributed by atoms with van der Waals surface area (Å²) in [6.07, 6.45) is 0.554. The molecule has 0 amide bonds. The van der Waals surface area contributed by atoms with Crippen molar-refractivity contribution < 1.29 is 10.2 Å². The highest BCUT2D eigenvalue weighted by atomic mass is 16.3. The average molecular weight is 202 g/mol. The minimum Gasteiger partial charge on any atom is -0.394 e. The van der Waals surface area contributed by atoms with Gasteiger partial charge >= 0.3 is 0 Å². The molecule has 0 spiro atoms. The summed E-state index contributed by atoms with van der Waals surface area (Å²) in [4.78, 5) is 4.59. The van der Waals surface area contributed by atoms with Gasteiger partial charge in [-0.2, -0.15) is 0 Å². The molecule has 1 heterocycles. The number of rotatable bonds is 4. The molecule has 1 aliphatic heterocycles. The predicted octanol–water partition coefficient (Wildman–Crippen LogP) is -0.634. The van der Waals surface area contributed by atoms with Crippen molar-refractivity contribution in [3.63, 3.8) is 0 Å². The van der Waals surface area contributed by atoms with Crippen LogP contribution < -0.4 is 0 Å². The molecule has 14 heavy (non-hydrogen) atoms. The van der Waals surface area contributed by atoms with Crippen LogP contribution in [0.4, 0.5) is 0 Å². The molecule has 2 unspecified atom stereocenters. The number of aliphatic hydroxyl groups excluding tert-OH is 2. The fraction of sp³-hybridized carbons (Fsp3) is 1.00. The number of nitrogens with zero attached hydrogens (tertiary/aromatic N) is 2. The standard InChI is InChI=1S/C10H22N2O2/c1-3-9-6-12(5-4-11(9)2)7-10(14)8-13/h9-10,13-14H,3-8H2,1-2H3. The van der Waals surface area contributed by atoms with Crippen LogP contribution in [0, 0.1) is 0 Å². The molecule has 1 rings (SSSR count). The van der Waals surface area contributed by atoms with Crippen LogP contribution in [0.2, 0.25) is 0 Å². The van der Waals surface area contributed by atoms with Gasteiger partial charge in [-0.05, 0) is 13.5 Å². The van der Waals surface area contributed by atoms with Crippen LogP contribution in [0.15, 0.2) is 0 Å². The Hall–Kier alpha value is -0.160. The van der Waals surface area contributed by atoms with E-state index in [1.54, 1.807) is 0 Å². The van der Waals surface area contributed by atoms with Crippen LogP contribution in [0.3, 0.4) is 0 Å². The third kappa shape index (κ3) is 3.20. The van der Waals surface area contributed by atoms with Crippen molar-refractivity contribution in [1.29, 1.82) is 0 Å². The van der Waals surface area contributed by atoms with Crippen LogP contribution >= 0.6 is 0 Å². The summed E-state index contributed by atoms with van der Waals surface area (Å²) >= 11 is 0. The summed E-state index contributed by atoms with van der Waals surface area (Å²) in [5.41, 5.74) is 0. The molecule has 4 heteroatoms. The van der Waals surface area contributed by atoms with Gasteiger partial charge in [-0.3, -0.25) is 4.90 Å². The van der Waals surface area contributed by atoms with E-state index in [9.17, 15) is 5.11 Å². The lowest BCUT2D eigenvalue weighted by molar-refractivity contribution is 0.0262. The van der Waals surface area contributed by atoms with Gasteiger partial charge in [0.25, 0.3) is 0 Å². The van der Waals surface area contributed by atoms with E-state index >= 15 is 0 Å². The lowest BCUT2D eigenvalue weighted by Crippen LogP contribution is -2.53. The number of hydrogen-bond donors (Lipinski definition) is 2. The summed E-state index contributed by atoms with van der Waals surface area (Å²) in [6.45, 7) is 5.70. The minimum absolute atomic E-state index is 0.136. The summed E-state index contributed by atoms with van der Waals surface area (Å²) < 4.78 is 0. The molecule has 0 aromatic heterocycles. The van der Waals surface area contributed by atoms with Crippen LogP contribution in [0.5, 0.6) is 0 Å². The molecule has 2 N–H and O–H groups in total. The van der Waals surface area contributed by atoms with E-state index in [2.05, 4.69) is 23.8 Å². The van der Waals surface area contributed by atoms with Gasteiger partial charge in [0.1, 0.15) is 0 Å². The maximum absolute atomic E-state index is 9.33. The van der Waals surface area contributed by atoms with Gasteiger partial charge in [0.15, 0.2) is 0 Å². The second-order valence-corrected chi connectivity index (χ2v) is 4.14.